The number of rotatable bonds is 9. The molecular formula is C23H28Cl2N2O2. The Balaban J connectivity index is 2.20. The van der Waals surface area contributed by atoms with E-state index in [-0.39, 0.29) is 24.3 Å². The van der Waals surface area contributed by atoms with Crippen LogP contribution in [0.3, 0.4) is 0 Å². The van der Waals surface area contributed by atoms with Crippen LogP contribution in [0.15, 0.2) is 48.5 Å². The maximum absolute atomic E-state index is 13.2. The molecular weight excluding hydrogens is 407 g/mol. The number of nitrogens with one attached hydrogen (secondary N) is 1. The van der Waals surface area contributed by atoms with Crippen molar-refractivity contribution in [3.8, 4) is 0 Å². The molecule has 0 saturated carbocycles. The molecule has 0 aliphatic heterocycles. The standard InChI is InChI=1S/C23H28Cl2N2O2/c1-4-16(2)26-23(29)17(3)27(14-13-18-9-6-5-7-10-18)22(28)15-19-20(24)11-8-12-21(19)25/h5-12,16-17H,4,13-15H2,1-3H3,(H,26,29)/t16-,17+/m1/s1. The molecule has 156 valence electrons. The highest BCUT2D eigenvalue weighted by Gasteiger charge is 2.27. The molecule has 2 atom stereocenters. The van der Waals surface area contributed by atoms with E-state index in [0.29, 0.717) is 28.6 Å². The summed E-state index contributed by atoms with van der Waals surface area (Å²) in [5.41, 5.74) is 1.69. The van der Waals surface area contributed by atoms with Gasteiger partial charge in [0.05, 0.1) is 6.42 Å². The second kappa shape index (κ2) is 11.2. The largest absolute Gasteiger partial charge is 0.352 e. The second-order valence-corrected chi connectivity index (χ2v) is 8.01. The third-order valence-corrected chi connectivity index (χ3v) is 5.75. The van der Waals surface area contributed by atoms with Crippen LogP contribution in [0, 0.1) is 0 Å². The minimum absolute atomic E-state index is 0.0498. The summed E-state index contributed by atoms with van der Waals surface area (Å²) < 4.78 is 0. The number of amides is 2. The van der Waals surface area contributed by atoms with Crippen molar-refractivity contribution in [2.75, 3.05) is 6.54 Å². The topological polar surface area (TPSA) is 49.4 Å². The third kappa shape index (κ3) is 6.76. The van der Waals surface area contributed by atoms with Crippen LogP contribution in [0.25, 0.3) is 0 Å². The Morgan fingerprint density at radius 2 is 1.62 bits per heavy atom. The van der Waals surface area contributed by atoms with Crippen LogP contribution in [0.5, 0.6) is 0 Å². The van der Waals surface area contributed by atoms with Gasteiger partial charge in [-0.1, -0.05) is 66.5 Å². The number of benzene rings is 2. The van der Waals surface area contributed by atoms with Gasteiger partial charge in [0.1, 0.15) is 6.04 Å². The first-order valence-electron chi connectivity index (χ1n) is 9.90. The Bertz CT molecular complexity index is 807. The summed E-state index contributed by atoms with van der Waals surface area (Å²) in [6, 6.07) is 14.5. The quantitative estimate of drug-likeness (QED) is 0.609. The molecule has 2 aromatic rings. The lowest BCUT2D eigenvalue weighted by Crippen LogP contribution is -2.50. The Labute approximate surface area is 183 Å². The van der Waals surface area contributed by atoms with E-state index in [9.17, 15) is 9.59 Å². The van der Waals surface area contributed by atoms with Crippen LogP contribution in [-0.2, 0) is 22.4 Å². The van der Waals surface area contributed by atoms with Crippen molar-refractivity contribution in [2.45, 2.75) is 52.1 Å². The summed E-state index contributed by atoms with van der Waals surface area (Å²) in [5, 5.41) is 3.86. The van der Waals surface area contributed by atoms with Gasteiger partial charge in [-0.3, -0.25) is 9.59 Å². The molecule has 6 heteroatoms. The predicted molar refractivity (Wildman–Crippen MR) is 119 cm³/mol. The van der Waals surface area contributed by atoms with Gasteiger partial charge in [0, 0.05) is 22.6 Å². The summed E-state index contributed by atoms with van der Waals surface area (Å²) in [5.74, 6) is -0.339. The van der Waals surface area contributed by atoms with Crippen LogP contribution in [0.4, 0.5) is 0 Å². The Hall–Kier alpha value is -2.04. The average Bonchev–Trinajstić information content (AvgIpc) is 2.71. The maximum atomic E-state index is 13.2. The Morgan fingerprint density at radius 1 is 1.00 bits per heavy atom. The summed E-state index contributed by atoms with van der Waals surface area (Å²) in [7, 11) is 0. The molecule has 0 heterocycles. The van der Waals surface area contributed by atoms with Crippen molar-refractivity contribution in [1.29, 1.82) is 0 Å². The molecule has 0 aromatic heterocycles. The van der Waals surface area contributed by atoms with E-state index in [1.54, 1.807) is 30.0 Å². The molecule has 4 nitrogen and oxygen atoms in total. The highest BCUT2D eigenvalue weighted by atomic mass is 35.5. The number of nitrogens with zero attached hydrogens (tertiary/aromatic N) is 1. The highest BCUT2D eigenvalue weighted by molar-refractivity contribution is 6.36. The van der Waals surface area contributed by atoms with Gasteiger partial charge in [-0.05, 0) is 49.9 Å². The summed E-state index contributed by atoms with van der Waals surface area (Å²) in [6.45, 7) is 6.15. The summed E-state index contributed by atoms with van der Waals surface area (Å²) in [4.78, 5) is 27.5. The number of hydrogen-bond donors (Lipinski definition) is 1. The molecule has 0 unspecified atom stereocenters. The number of carbonyl (C=O) groups excluding carboxylic acids is 2. The van der Waals surface area contributed by atoms with Crippen molar-refractivity contribution in [2.24, 2.45) is 0 Å². The average molecular weight is 435 g/mol. The molecule has 0 bridgehead atoms. The second-order valence-electron chi connectivity index (χ2n) is 7.19. The van der Waals surface area contributed by atoms with Crippen LogP contribution < -0.4 is 5.32 Å². The van der Waals surface area contributed by atoms with Crippen LogP contribution in [0.2, 0.25) is 10.0 Å². The summed E-state index contributed by atoms with van der Waals surface area (Å²) in [6.07, 6.45) is 1.53. The van der Waals surface area contributed by atoms with Gasteiger partial charge in [-0.15, -0.1) is 0 Å². The number of hydrogen-bond acceptors (Lipinski definition) is 2. The minimum atomic E-state index is -0.596. The van der Waals surface area contributed by atoms with Crippen molar-refractivity contribution < 1.29 is 9.59 Å². The van der Waals surface area contributed by atoms with E-state index in [4.69, 9.17) is 23.2 Å². The van der Waals surface area contributed by atoms with Gasteiger partial charge in [-0.2, -0.15) is 0 Å². The third-order valence-electron chi connectivity index (χ3n) is 5.04. The number of carbonyl (C=O) groups is 2. The maximum Gasteiger partial charge on any atom is 0.242 e. The van der Waals surface area contributed by atoms with Gasteiger partial charge >= 0.3 is 0 Å². The molecule has 29 heavy (non-hydrogen) atoms. The van der Waals surface area contributed by atoms with E-state index in [1.165, 1.54) is 0 Å². The lowest BCUT2D eigenvalue weighted by Gasteiger charge is -2.30. The lowest BCUT2D eigenvalue weighted by atomic mass is 10.1. The van der Waals surface area contributed by atoms with Crippen LogP contribution >= 0.6 is 23.2 Å². The van der Waals surface area contributed by atoms with Crippen LogP contribution in [-0.4, -0.2) is 35.3 Å². The van der Waals surface area contributed by atoms with E-state index < -0.39 is 6.04 Å². The fourth-order valence-corrected chi connectivity index (χ4v) is 3.52. The number of halogens is 2. The molecule has 0 saturated heterocycles. The molecule has 0 fully saturated rings. The van der Waals surface area contributed by atoms with E-state index in [2.05, 4.69) is 5.32 Å². The zero-order valence-electron chi connectivity index (χ0n) is 17.1. The fraction of sp³-hybridized carbons (Fsp3) is 0.391. The molecule has 0 radical (unpaired) electrons. The molecule has 1 N–H and O–H groups in total. The zero-order valence-corrected chi connectivity index (χ0v) is 18.6. The zero-order chi connectivity index (χ0) is 21.4. The van der Waals surface area contributed by atoms with E-state index in [1.807, 2.05) is 44.2 Å². The monoisotopic (exact) mass is 434 g/mol. The van der Waals surface area contributed by atoms with E-state index >= 15 is 0 Å². The lowest BCUT2D eigenvalue weighted by molar-refractivity contribution is -0.139. The first kappa shape index (κ1) is 23.2. The van der Waals surface area contributed by atoms with Gasteiger partial charge < -0.3 is 10.2 Å². The van der Waals surface area contributed by atoms with Crippen molar-refractivity contribution in [3.05, 3.63) is 69.7 Å². The normalized spacial score (nSPS) is 12.9. The Morgan fingerprint density at radius 3 is 2.21 bits per heavy atom. The Kier molecular flexibility index (Phi) is 8.99. The van der Waals surface area contributed by atoms with Gasteiger partial charge in [-0.25, -0.2) is 0 Å². The van der Waals surface area contributed by atoms with Gasteiger partial charge in [0.25, 0.3) is 0 Å². The molecule has 0 aliphatic carbocycles. The SMILES string of the molecule is CC[C@@H](C)NC(=O)[C@H](C)N(CCc1ccccc1)C(=O)Cc1c(Cl)cccc1Cl. The molecule has 0 aliphatic rings. The van der Waals surface area contributed by atoms with E-state index in [0.717, 1.165) is 12.0 Å². The smallest absolute Gasteiger partial charge is 0.242 e. The van der Waals surface area contributed by atoms with Crippen molar-refractivity contribution >= 4 is 35.0 Å². The fourth-order valence-electron chi connectivity index (χ4n) is 2.99. The first-order valence-corrected chi connectivity index (χ1v) is 10.7. The molecule has 2 amide bonds. The predicted octanol–water partition coefficient (Wildman–Crippen LogP) is 4.91. The molecule has 2 aromatic carbocycles. The molecule has 2 rings (SSSR count). The van der Waals surface area contributed by atoms with Gasteiger partial charge in [0.2, 0.25) is 11.8 Å². The molecule has 0 spiro atoms. The summed E-state index contributed by atoms with van der Waals surface area (Å²) >= 11 is 12.5. The van der Waals surface area contributed by atoms with Crippen molar-refractivity contribution in [1.82, 2.24) is 10.2 Å². The highest BCUT2D eigenvalue weighted by Crippen LogP contribution is 2.25. The van der Waals surface area contributed by atoms with Crippen molar-refractivity contribution in [3.63, 3.8) is 0 Å². The van der Waals surface area contributed by atoms with Crippen LogP contribution in [0.1, 0.15) is 38.3 Å². The first-order chi connectivity index (χ1) is 13.8. The van der Waals surface area contributed by atoms with Gasteiger partial charge in [0.15, 0.2) is 0 Å². The minimum Gasteiger partial charge on any atom is -0.352 e.